The molecule has 0 unspecified atom stereocenters. The van der Waals surface area contributed by atoms with Crippen LogP contribution in [0, 0.1) is 0 Å². The van der Waals surface area contributed by atoms with Gasteiger partial charge in [-0.25, -0.2) is 13.4 Å². The Morgan fingerprint density at radius 1 is 1.24 bits per heavy atom. The molecule has 1 aromatic carbocycles. The predicted octanol–water partition coefficient (Wildman–Crippen LogP) is 1.79. The lowest BCUT2D eigenvalue weighted by molar-refractivity contribution is -0.120. The van der Waals surface area contributed by atoms with E-state index >= 15 is 0 Å². The van der Waals surface area contributed by atoms with Crippen molar-refractivity contribution in [1.82, 2.24) is 10.3 Å². The van der Waals surface area contributed by atoms with E-state index in [1.807, 2.05) is 24.3 Å². The van der Waals surface area contributed by atoms with Crippen molar-refractivity contribution in [1.29, 1.82) is 0 Å². The van der Waals surface area contributed by atoms with Gasteiger partial charge in [-0.15, -0.1) is 0 Å². The number of aromatic nitrogens is 1. The highest BCUT2D eigenvalue weighted by molar-refractivity contribution is 7.92. The van der Waals surface area contributed by atoms with Gasteiger partial charge in [0.15, 0.2) is 0 Å². The molecule has 8 heteroatoms. The molecule has 0 spiro atoms. The standard InChI is InChI=1S/C17H18ClN3O3S/c18-16-6-5-13(12-20-16)11-17(22)19-8-10-25(23,24)21-9-7-14-3-1-2-4-15(14)21/h1-6,12H,7-11H2,(H,19,22). The number of carbonyl (C=O) groups is 1. The van der Waals surface area contributed by atoms with Crippen molar-refractivity contribution in [3.8, 4) is 0 Å². The molecule has 132 valence electrons. The zero-order valence-electron chi connectivity index (χ0n) is 13.5. The Morgan fingerprint density at radius 2 is 2.04 bits per heavy atom. The summed E-state index contributed by atoms with van der Waals surface area (Å²) in [5.41, 5.74) is 2.49. The minimum Gasteiger partial charge on any atom is -0.355 e. The van der Waals surface area contributed by atoms with Gasteiger partial charge in [-0.1, -0.05) is 35.9 Å². The zero-order chi connectivity index (χ0) is 17.9. The van der Waals surface area contributed by atoms with E-state index in [4.69, 9.17) is 11.6 Å². The van der Waals surface area contributed by atoms with E-state index in [9.17, 15) is 13.2 Å². The third kappa shape index (κ3) is 4.29. The number of amides is 1. The van der Waals surface area contributed by atoms with Crippen LogP contribution < -0.4 is 9.62 Å². The number of benzene rings is 1. The largest absolute Gasteiger partial charge is 0.355 e. The maximum absolute atomic E-state index is 12.5. The zero-order valence-corrected chi connectivity index (χ0v) is 15.1. The summed E-state index contributed by atoms with van der Waals surface area (Å²) in [6.45, 7) is 0.521. The Morgan fingerprint density at radius 3 is 2.80 bits per heavy atom. The molecule has 0 radical (unpaired) electrons. The van der Waals surface area contributed by atoms with Crippen molar-refractivity contribution < 1.29 is 13.2 Å². The number of anilines is 1. The number of rotatable bonds is 6. The van der Waals surface area contributed by atoms with Gasteiger partial charge in [-0.05, 0) is 29.7 Å². The van der Waals surface area contributed by atoms with Crippen molar-refractivity contribution >= 4 is 33.2 Å². The van der Waals surface area contributed by atoms with Crippen LogP contribution in [0.3, 0.4) is 0 Å². The molecule has 1 aliphatic heterocycles. The topological polar surface area (TPSA) is 79.4 Å². The molecular formula is C17H18ClN3O3S. The van der Waals surface area contributed by atoms with Gasteiger partial charge < -0.3 is 5.32 Å². The summed E-state index contributed by atoms with van der Waals surface area (Å²) >= 11 is 5.70. The molecule has 0 aliphatic carbocycles. The first-order chi connectivity index (χ1) is 12.0. The fraction of sp³-hybridized carbons (Fsp3) is 0.294. The minimum absolute atomic E-state index is 0.0703. The lowest BCUT2D eigenvalue weighted by atomic mass is 10.2. The molecule has 0 atom stereocenters. The van der Waals surface area contributed by atoms with Gasteiger partial charge in [0.25, 0.3) is 0 Å². The summed E-state index contributed by atoms with van der Waals surface area (Å²) in [4.78, 5) is 15.8. The van der Waals surface area contributed by atoms with Crippen molar-refractivity contribution in [3.05, 3.63) is 58.9 Å². The lowest BCUT2D eigenvalue weighted by Gasteiger charge is -2.19. The first-order valence-electron chi connectivity index (χ1n) is 7.91. The van der Waals surface area contributed by atoms with Gasteiger partial charge in [-0.3, -0.25) is 9.10 Å². The fourth-order valence-corrected chi connectivity index (χ4v) is 4.32. The number of carbonyl (C=O) groups excluding carboxylic acids is 1. The second kappa shape index (κ2) is 7.41. The van der Waals surface area contributed by atoms with E-state index in [1.54, 1.807) is 12.1 Å². The number of sulfonamides is 1. The SMILES string of the molecule is O=C(Cc1ccc(Cl)nc1)NCCS(=O)(=O)N1CCc2ccccc21. The maximum Gasteiger partial charge on any atom is 0.236 e. The van der Waals surface area contributed by atoms with E-state index in [1.165, 1.54) is 10.5 Å². The van der Waals surface area contributed by atoms with Crippen LogP contribution >= 0.6 is 11.6 Å². The Bertz CT molecular complexity index is 869. The average molecular weight is 380 g/mol. The quantitative estimate of drug-likeness (QED) is 0.776. The third-order valence-electron chi connectivity index (χ3n) is 4.02. The number of para-hydroxylation sites is 1. The van der Waals surface area contributed by atoms with Crippen LogP contribution in [0.15, 0.2) is 42.6 Å². The molecule has 1 N–H and O–H groups in total. The first kappa shape index (κ1) is 17.7. The molecule has 0 bridgehead atoms. The molecule has 1 aromatic heterocycles. The van der Waals surface area contributed by atoms with Crippen molar-refractivity contribution in [2.75, 3.05) is 23.1 Å². The smallest absolute Gasteiger partial charge is 0.236 e. The second-order valence-electron chi connectivity index (χ2n) is 5.78. The number of nitrogens with one attached hydrogen (secondary N) is 1. The molecule has 1 aliphatic rings. The second-order valence-corrected chi connectivity index (χ2v) is 8.18. The molecule has 0 fully saturated rings. The van der Waals surface area contributed by atoms with Gasteiger partial charge >= 0.3 is 0 Å². The van der Waals surface area contributed by atoms with Gasteiger partial charge in [0.05, 0.1) is 17.9 Å². The minimum atomic E-state index is -3.46. The number of pyridine rings is 1. The molecular weight excluding hydrogens is 362 g/mol. The summed E-state index contributed by atoms with van der Waals surface area (Å²) in [6.07, 6.45) is 2.38. The Labute approximate surface area is 151 Å². The monoisotopic (exact) mass is 379 g/mol. The Kier molecular flexibility index (Phi) is 5.24. The van der Waals surface area contributed by atoms with E-state index in [0.29, 0.717) is 18.1 Å². The first-order valence-corrected chi connectivity index (χ1v) is 9.90. The molecule has 3 rings (SSSR count). The summed E-state index contributed by atoms with van der Waals surface area (Å²) in [6, 6.07) is 10.8. The van der Waals surface area contributed by atoms with Gasteiger partial charge in [0.1, 0.15) is 5.15 Å². The Balaban J connectivity index is 1.53. The summed E-state index contributed by atoms with van der Waals surface area (Å²) in [7, 11) is -3.46. The van der Waals surface area contributed by atoms with Crippen LogP contribution in [0.5, 0.6) is 0 Å². The fourth-order valence-electron chi connectivity index (χ4n) is 2.79. The maximum atomic E-state index is 12.5. The van der Waals surface area contributed by atoms with Gasteiger partial charge in [0.2, 0.25) is 15.9 Å². The van der Waals surface area contributed by atoms with Crippen LogP contribution in [0.4, 0.5) is 5.69 Å². The molecule has 2 aromatic rings. The molecule has 2 heterocycles. The van der Waals surface area contributed by atoms with Crippen LogP contribution in [-0.2, 0) is 27.7 Å². The molecule has 1 amide bonds. The van der Waals surface area contributed by atoms with Crippen molar-refractivity contribution in [2.45, 2.75) is 12.8 Å². The van der Waals surface area contributed by atoms with Crippen LogP contribution in [0.25, 0.3) is 0 Å². The lowest BCUT2D eigenvalue weighted by Crippen LogP contribution is -2.37. The van der Waals surface area contributed by atoms with E-state index in [-0.39, 0.29) is 24.6 Å². The molecule has 25 heavy (non-hydrogen) atoms. The highest BCUT2D eigenvalue weighted by Gasteiger charge is 2.28. The van der Waals surface area contributed by atoms with E-state index in [0.717, 1.165) is 16.8 Å². The average Bonchev–Trinajstić information content (AvgIpc) is 3.02. The Hall–Kier alpha value is -2.12. The number of hydrogen-bond acceptors (Lipinski definition) is 4. The third-order valence-corrected chi connectivity index (χ3v) is 6.01. The van der Waals surface area contributed by atoms with Crippen LogP contribution in [0.1, 0.15) is 11.1 Å². The van der Waals surface area contributed by atoms with E-state index in [2.05, 4.69) is 10.3 Å². The highest BCUT2D eigenvalue weighted by atomic mass is 35.5. The van der Waals surface area contributed by atoms with Crippen LogP contribution in [0.2, 0.25) is 5.15 Å². The predicted molar refractivity (Wildman–Crippen MR) is 97.2 cm³/mol. The van der Waals surface area contributed by atoms with E-state index < -0.39 is 10.0 Å². The summed E-state index contributed by atoms with van der Waals surface area (Å²) in [5.74, 6) is -0.382. The number of nitrogens with zero attached hydrogens (tertiary/aromatic N) is 2. The van der Waals surface area contributed by atoms with Gasteiger partial charge in [0, 0.05) is 19.3 Å². The summed E-state index contributed by atoms with van der Waals surface area (Å²) < 4.78 is 26.5. The highest BCUT2D eigenvalue weighted by Crippen LogP contribution is 2.29. The van der Waals surface area contributed by atoms with Crippen molar-refractivity contribution in [3.63, 3.8) is 0 Å². The van der Waals surface area contributed by atoms with Crippen LogP contribution in [-0.4, -0.2) is 38.2 Å². The summed E-state index contributed by atoms with van der Waals surface area (Å²) in [5, 5.41) is 3.01. The molecule has 0 saturated heterocycles. The molecule has 6 nitrogen and oxygen atoms in total. The normalized spacial score (nSPS) is 13.6. The number of hydrogen-bond donors (Lipinski definition) is 1. The number of halogens is 1. The molecule has 0 saturated carbocycles. The van der Waals surface area contributed by atoms with Crippen molar-refractivity contribution in [2.24, 2.45) is 0 Å². The number of fused-ring (bicyclic) bond motifs is 1. The van der Waals surface area contributed by atoms with Gasteiger partial charge in [-0.2, -0.15) is 0 Å².